The highest BCUT2D eigenvalue weighted by Crippen LogP contribution is 2.25. The maximum Gasteiger partial charge on any atom is 0.254 e. The van der Waals surface area contributed by atoms with E-state index in [1.807, 2.05) is 94.7 Å². The lowest BCUT2D eigenvalue weighted by Gasteiger charge is -2.29. The number of rotatable bonds is 7. The van der Waals surface area contributed by atoms with Crippen molar-refractivity contribution in [3.8, 4) is 11.5 Å². The van der Waals surface area contributed by atoms with Gasteiger partial charge in [0.15, 0.2) is 0 Å². The fourth-order valence-electron chi connectivity index (χ4n) is 5.39. The molecule has 4 aromatic carbocycles. The van der Waals surface area contributed by atoms with E-state index in [1.54, 1.807) is 14.2 Å². The van der Waals surface area contributed by atoms with Gasteiger partial charge in [-0.25, -0.2) is 0 Å². The molecule has 2 aliphatic rings. The first-order chi connectivity index (χ1) is 20.9. The van der Waals surface area contributed by atoms with Crippen molar-refractivity contribution < 1.29 is 19.1 Å². The maximum atomic E-state index is 12.6. The monoisotopic (exact) mass is 638 g/mol. The smallest absolute Gasteiger partial charge is 0.254 e. The molecule has 220 valence electrons. The largest absolute Gasteiger partial charge is 0.497 e. The van der Waals surface area contributed by atoms with Crippen LogP contribution in [0.5, 0.6) is 11.5 Å². The van der Waals surface area contributed by atoms with Crippen LogP contribution in [0.1, 0.15) is 48.5 Å². The maximum absolute atomic E-state index is 12.6. The Morgan fingerprint density at radius 2 is 1.16 bits per heavy atom. The molecule has 0 saturated carbocycles. The van der Waals surface area contributed by atoms with Gasteiger partial charge >= 0.3 is 0 Å². The van der Waals surface area contributed by atoms with Crippen molar-refractivity contribution >= 4 is 33.8 Å². The molecule has 0 radical (unpaired) electrons. The zero-order valence-corrected chi connectivity index (χ0v) is 26.1. The molecule has 0 aliphatic carbocycles. The van der Waals surface area contributed by atoms with Gasteiger partial charge in [-0.2, -0.15) is 0 Å². The average molecular weight is 640 g/mol. The van der Waals surface area contributed by atoms with Crippen molar-refractivity contribution in [1.29, 1.82) is 0 Å². The minimum atomic E-state index is 0.104. The molecule has 43 heavy (non-hydrogen) atoms. The van der Waals surface area contributed by atoms with E-state index in [4.69, 9.17) is 9.47 Å². The molecule has 6 nitrogen and oxygen atoms in total. The molecule has 0 atom stereocenters. The van der Waals surface area contributed by atoms with Crippen LogP contribution in [0.2, 0.25) is 0 Å². The van der Waals surface area contributed by atoms with Gasteiger partial charge in [-0.15, -0.1) is 0 Å². The Labute approximate surface area is 261 Å². The van der Waals surface area contributed by atoms with Crippen molar-refractivity contribution in [1.82, 2.24) is 9.80 Å². The van der Waals surface area contributed by atoms with Crippen LogP contribution >= 0.6 is 15.9 Å². The lowest BCUT2D eigenvalue weighted by molar-refractivity contribution is 0.0719. The zero-order valence-electron chi connectivity index (χ0n) is 24.5. The van der Waals surface area contributed by atoms with Gasteiger partial charge in [-0.1, -0.05) is 65.0 Å². The molecule has 0 fully saturated rings. The molecule has 4 aromatic rings. The Kier molecular flexibility index (Phi) is 9.62. The van der Waals surface area contributed by atoms with Gasteiger partial charge in [0.05, 0.1) is 14.2 Å². The van der Waals surface area contributed by atoms with Gasteiger partial charge in [0.1, 0.15) is 11.5 Å². The van der Waals surface area contributed by atoms with Crippen molar-refractivity contribution in [3.05, 3.63) is 135 Å². The van der Waals surface area contributed by atoms with Gasteiger partial charge < -0.3 is 19.3 Å². The fourth-order valence-corrected chi connectivity index (χ4v) is 5.80. The molecule has 6 rings (SSSR count). The lowest BCUT2D eigenvalue weighted by atomic mass is 9.96. The third kappa shape index (κ3) is 7.17. The van der Waals surface area contributed by atoms with E-state index in [0.29, 0.717) is 13.1 Å². The predicted molar refractivity (Wildman–Crippen MR) is 174 cm³/mol. The number of amides is 2. The van der Waals surface area contributed by atoms with Gasteiger partial charge in [0.2, 0.25) is 0 Å². The van der Waals surface area contributed by atoms with Crippen LogP contribution in [-0.2, 0) is 25.9 Å². The third-order valence-corrected chi connectivity index (χ3v) is 8.33. The molecule has 7 heteroatoms. The highest BCUT2D eigenvalue weighted by Gasteiger charge is 2.25. The highest BCUT2D eigenvalue weighted by molar-refractivity contribution is 9.10. The first kappa shape index (κ1) is 30.1. The Morgan fingerprint density at radius 3 is 1.63 bits per heavy atom. The molecular formula is C36H35BrN2O4. The summed E-state index contributed by atoms with van der Waals surface area (Å²) < 4.78 is 11.3. The van der Waals surface area contributed by atoms with Gasteiger partial charge in [0.25, 0.3) is 11.8 Å². The number of carbonyl (C=O) groups excluding carboxylic acids is 2. The molecule has 2 aliphatic heterocycles. The van der Waals surface area contributed by atoms with Crippen LogP contribution in [0.15, 0.2) is 96.0 Å². The number of ether oxygens (including phenoxy) is 2. The summed E-state index contributed by atoms with van der Waals surface area (Å²) in [5.41, 5.74) is 7.16. The molecule has 0 aromatic heterocycles. The molecule has 2 heterocycles. The molecular weight excluding hydrogens is 604 g/mol. The lowest BCUT2D eigenvalue weighted by Crippen LogP contribution is -2.37. The van der Waals surface area contributed by atoms with E-state index in [0.717, 1.165) is 80.8 Å². The molecule has 0 saturated heterocycles. The summed E-state index contributed by atoms with van der Waals surface area (Å²) in [6, 6.07) is 27.5. The third-order valence-electron chi connectivity index (χ3n) is 7.83. The summed E-state index contributed by atoms with van der Waals surface area (Å²) in [6.07, 6.45) is 3.60. The van der Waals surface area contributed by atoms with E-state index in [2.05, 4.69) is 28.6 Å². The summed E-state index contributed by atoms with van der Waals surface area (Å²) in [4.78, 5) is 29.0. The Hall–Kier alpha value is -4.36. The molecule has 0 unspecified atom stereocenters. The minimum Gasteiger partial charge on any atom is -0.497 e. The predicted octanol–water partition coefficient (Wildman–Crippen LogP) is 7.19. The number of hydrogen-bond acceptors (Lipinski definition) is 4. The first-order valence-electron chi connectivity index (χ1n) is 14.3. The van der Waals surface area contributed by atoms with Crippen LogP contribution in [0.25, 0.3) is 6.08 Å². The molecule has 0 N–H and O–H groups in total. The van der Waals surface area contributed by atoms with Crippen LogP contribution in [0, 0.1) is 0 Å². The summed E-state index contributed by atoms with van der Waals surface area (Å²) in [5, 5.41) is 0. The SMILES string of the molecule is C=Cc1ccc2c(c1)CCN(Cc1ccc(OC)cc1)C2=O.COc1ccc(CN2CCc3cc(Br)ccc3C2=O)cc1. The topological polar surface area (TPSA) is 59.1 Å². The second kappa shape index (κ2) is 13.7. The van der Waals surface area contributed by atoms with Gasteiger partial charge in [-0.05, 0) is 89.2 Å². The van der Waals surface area contributed by atoms with Crippen LogP contribution in [0.3, 0.4) is 0 Å². The van der Waals surface area contributed by atoms with E-state index in [9.17, 15) is 9.59 Å². The zero-order chi connectivity index (χ0) is 30.3. The number of halogens is 1. The Balaban J connectivity index is 0.000000171. The number of hydrogen-bond donors (Lipinski definition) is 0. The van der Waals surface area contributed by atoms with E-state index < -0.39 is 0 Å². The number of benzene rings is 4. The summed E-state index contributed by atoms with van der Waals surface area (Å²) in [7, 11) is 3.30. The number of carbonyl (C=O) groups is 2. The fraction of sp³-hybridized carbons (Fsp3) is 0.222. The van der Waals surface area contributed by atoms with Crippen LogP contribution < -0.4 is 9.47 Å². The Morgan fingerprint density at radius 1 is 0.698 bits per heavy atom. The van der Waals surface area contributed by atoms with Gasteiger partial charge in [0, 0.05) is 41.8 Å². The van der Waals surface area contributed by atoms with Crippen LogP contribution in [0.4, 0.5) is 0 Å². The number of methoxy groups -OCH3 is 2. The highest BCUT2D eigenvalue weighted by atomic mass is 79.9. The van der Waals surface area contributed by atoms with Crippen molar-refractivity contribution in [2.24, 2.45) is 0 Å². The van der Waals surface area contributed by atoms with Crippen molar-refractivity contribution in [2.75, 3.05) is 27.3 Å². The summed E-state index contributed by atoms with van der Waals surface area (Å²) in [6.45, 7) is 6.55. The standard InChI is InChI=1S/C19H19NO2.C17H16BrNO2/c1-3-14-6-9-18-16(12-14)10-11-20(19(18)21)13-15-4-7-17(22-2)8-5-15;1-21-15-5-2-12(3-6-15)11-19-9-8-13-10-14(18)4-7-16(13)17(19)20/h3-9,12H,1,10-11,13H2,2H3;2-7,10H,8-9,11H2,1H3. The quantitative estimate of drug-likeness (QED) is 0.215. The molecule has 0 bridgehead atoms. The number of fused-ring (bicyclic) bond motifs is 2. The number of nitrogens with zero attached hydrogens (tertiary/aromatic N) is 2. The molecule has 2 amide bonds. The normalized spacial score (nSPS) is 13.8. The second-order valence-electron chi connectivity index (χ2n) is 10.6. The van der Waals surface area contributed by atoms with Crippen LogP contribution in [-0.4, -0.2) is 48.9 Å². The average Bonchev–Trinajstić information content (AvgIpc) is 3.04. The minimum absolute atomic E-state index is 0.104. The first-order valence-corrected chi connectivity index (χ1v) is 15.1. The van der Waals surface area contributed by atoms with E-state index in [1.165, 1.54) is 0 Å². The van der Waals surface area contributed by atoms with Crippen molar-refractivity contribution in [3.63, 3.8) is 0 Å². The van der Waals surface area contributed by atoms with E-state index >= 15 is 0 Å². The Bertz CT molecular complexity index is 1620. The molecule has 0 spiro atoms. The van der Waals surface area contributed by atoms with Gasteiger partial charge in [-0.3, -0.25) is 9.59 Å². The summed E-state index contributed by atoms with van der Waals surface area (Å²) in [5.74, 6) is 1.88. The van der Waals surface area contributed by atoms with E-state index in [-0.39, 0.29) is 11.8 Å². The second-order valence-corrected chi connectivity index (χ2v) is 11.5. The summed E-state index contributed by atoms with van der Waals surface area (Å²) >= 11 is 3.46. The van der Waals surface area contributed by atoms with Crippen molar-refractivity contribution in [2.45, 2.75) is 25.9 Å².